The fourth-order valence-corrected chi connectivity index (χ4v) is 3.17. The molecule has 0 heterocycles. The molecule has 0 N–H and O–H groups in total. The zero-order valence-electron chi connectivity index (χ0n) is 12.0. The Balaban J connectivity index is 1.82. The summed E-state index contributed by atoms with van der Waals surface area (Å²) < 4.78 is 29.6. The highest BCUT2D eigenvalue weighted by Crippen LogP contribution is 2.24. The van der Waals surface area contributed by atoms with Crippen molar-refractivity contribution in [3.05, 3.63) is 83.9 Å². The first-order valence-corrected chi connectivity index (χ1v) is 8.69. The minimum atomic E-state index is -3.87. The summed E-state index contributed by atoms with van der Waals surface area (Å²) in [4.78, 5) is 0.0639. The van der Waals surface area contributed by atoms with Gasteiger partial charge in [-0.3, -0.25) is 0 Å². The summed E-state index contributed by atoms with van der Waals surface area (Å²) >= 11 is 5.76. The van der Waals surface area contributed by atoms with Crippen LogP contribution in [0.2, 0.25) is 5.02 Å². The highest BCUT2D eigenvalue weighted by molar-refractivity contribution is 7.87. The van der Waals surface area contributed by atoms with Crippen LogP contribution >= 0.6 is 11.6 Å². The van der Waals surface area contributed by atoms with Gasteiger partial charge in [0.05, 0.1) is 0 Å². The van der Waals surface area contributed by atoms with E-state index in [1.165, 1.54) is 24.3 Å². The third-order valence-corrected chi connectivity index (χ3v) is 4.78. The lowest BCUT2D eigenvalue weighted by Gasteiger charge is -2.08. The van der Waals surface area contributed by atoms with Crippen LogP contribution in [0.4, 0.5) is 0 Å². The summed E-state index contributed by atoms with van der Waals surface area (Å²) in [5.74, 6) is 0.264. The van der Waals surface area contributed by atoms with E-state index in [1.807, 2.05) is 42.5 Å². The Bertz CT molecular complexity index is 887. The molecule has 0 aliphatic heterocycles. The van der Waals surface area contributed by atoms with E-state index in [-0.39, 0.29) is 10.6 Å². The standard InChI is InChI=1S/C18H13ClO3S/c19-16-8-12-18(13-9-16)23(20,21)22-17-10-6-15(7-11-17)14-4-2-1-3-5-14/h1-13H. The third-order valence-electron chi connectivity index (χ3n) is 3.27. The summed E-state index contributed by atoms with van der Waals surface area (Å²) in [6, 6.07) is 22.6. The van der Waals surface area contributed by atoms with Crippen molar-refractivity contribution in [1.82, 2.24) is 0 Å². The van der Waals surface area contributed by atoms with E-state index in [4.69, 9.17) is 15.8 Å². The smallest absolute Gasteiger partial charge is 0.339 e. The minimum Gasteiger partial charge on any atom is -0.379 e. The van der Waals surface area contributed by atoms with Crippen LogP contribution < -0.4 is 4.18 Å². The molecule has 0 radical (unpaired) electrons. The van der Waals surface area contributed by atoms with Crippen molar-refractivity contribution in [3.63, 3.8) is 0 Å². The zero-order chi connectivity index (χ0) is 16.3. The molecule has 116 valence electrons. The summed E-state index contributed by atoms with van der Waals surface area (Å²) in [6.07, 6.45) is 0. The van der Waals surface area contributed by atoms with Crippen LogP contribution in [0.25, 0.3) is 11.1 Å². The van der Waals surface area contributed by atoms with Crippen molar-refractivity contribution in [3.8, 4) is 16.9 Å². The van der Waals surface area contributed by atoms with Gasteiger partial charge in [-0.05, 0) is 47.5 Å². The molecule has 0 atom stereocenters. The first-order chi connectivity index (χ1) is 11.0. The molecule has 0 fully saturated rings. The lowest BCUT2D eigenvalue weighted by atomic mass is 10.1. The first kappa shape index (κ1) is 15.6. The van der Waals surface area contributed by atoms with Crippen molar-refractivity contribution >= 4 is 21.7 Å². The van der Waals surface area contributed by atoms with Crippen molar-refractivity contribution in [2.75, 3.05) is 0 Å². The molecule has 5 heteroatoms. The fourth-order valence-electron chi connectivity index (χ4n) is 2.11. The van der Waals surface area contributed by atoms with Gasteiger partial charge in [0.2, 0.25) is 0 Å². The van der Waals surface area contributed by atoms with E-state index in [2.05, 4.69) is 0 Å². The predicted molar refractivity (Wildman–Crippen MR) is 91.1 cm³/mol. The molecule has 0 aliphatic rings. The Morgan fingerprint density at radius 3 is 1.87 bits per heavy atom. The molecule has 0 bridgehead atoms. The van der Waals surface area contributed by atoms with Crippen LogP contribution in [0.1, 0.15) is 0 Å². The molecule has 0 aromatic heterocycles. The average molecular weight is 345 g/mol. The Labute approximate surface area is 140 Å². The minimum absolute atomic E-state index is 0.0639. The maximum absolute atomic E-state index is 12.2. The van der Waals surface area contributed by atoms with Gasteiger partial charge in [-0.2, -0.15) is 8.42 Å². The van der Waals surface area contributed by atoms with Gasteiger partial charge in [0.25, 0.3) is 0 Å². The van der Waals surface area contributed by atoms with Crippen LogP contribution in [0.5, 0.6) is 5.75 Å². The van der Waals surface area contributed by atoms with Crippen molar-refractivity contribution in [1.29, 1.82) is 0 Å². The molecule has 0 saturated heterocycles. The molecule has 3 aromatic carbocycles. The number of rotatable bonds is 4. The van der Waals surface area contributed by atoms with Crippen molar-refractivity contribution in [2.24, 2.45) is 0 Å². The van der Waals surface area contributed by atoms with E-state index in [0.717, 1.165) is 11.1 Å². The molecule has 0 unspecified atom stereocenters. The largest absolute Gasteiger partial charge is 0.379 e. The first-order valence-electron chi connectivity index (χ1n) is 6.90. The highest BCUT2D eigenvalue weighted by Gasteiger charge is 2.16. The molecule has 3 rings (SSSR count). The van der Waals surface area contributed by atoms with Crippen LogP contribution in [0.15, 0.2) is 83.8 Å². The number of benzene rings is 3. The Hall–Kier alpha value is -2.30. The third kappa shape index (κ3) is 3.73. The van der Waals surface area contributed by atoms with Gasteiger partial charge in [0.1, 0.15) is 10.6 Å². The maximum Gasteiger partial charge on any atom is 0.339 e. The predicted octanol–water partition coefficient (Wildman–Crippen LogP) is 4.77. The van der Waals surface area contributed by atoms with Gasteiger partial charge in [0, 0.05) is 5.02 Å². The second-order valence-corrected chi connectivity index (χ2v) is 6.86. The number of hydrogen-bond acceptors (Lipinski definition) is 3. The van der Waals surface area contributed by atoms with Gasteiger partial charge >= 0.3 is 10.1 Å². The summed E-state index contributed by atoms with van der Waals surface area (Å²) in [5, 5.41) is 0.469. The second kappa shape index (κ2) is 6.44. The lowest BCUT2D eigenvalue weighted by molar-refractivity contribution is 0.486. The number of hydrogen-bond donors (Lipinski definition) is 0. The summed E-state index contributed by atoms with van der Waals surface area (Å²) in [7, 11) is -3.87. The zero-order valence-corrected chi connectivity index (χ0v) is 13.6. The van der Waals surface area contributed by atoms with E-state index >= 15 is 0 Å². The molecular weight excluding hydrogens is 332 g/mol. The maximum atomic E-state index is 12.2. The average Bonchev–Trinajstić information content (AvgIpc) is 2.56. The van der Waals surface area contributed by atoms with Crippen LogP contribution in [0.3, 0.4) is 0 Å². The molecule has 0 spiro atoms. The molecule has 0 saturated carbocycles. The Morgan fingerprint density at radius 1 is 0.696 bits per heavy atom. The highest BCUT2D eigenvalue weighted by atomic mass is 35.5. The molecule has 0 amide bonds. The molecule has 23 heavy (non-hydrogen) atoms. The molecular formula is C18H13ClO3S. The molecule has 3 nitrogen and oxygen atoms in total. The van der Waals surface area contributed by atoms with Crippen molar-refractivity contribution in [2.45, 2.75) is 4.90 Å². The van der Waals surface area contributed by atoms with E-state index in [1.54, 1.807) is 12.1 Å². The number of halogens is 1. The van der Waals surface area contributed by atoms with E-state index < -0.39 is 10.1 Å². The Morgan fingerprint density at radius 2 is 1.26 bits per heavy atom. The fraction of sp³-hybridized carbons (Fsp3) is 0. The normalized spacial score (nSPS) is 11.2. The Kier molecular flexibility index (Phi) is 4.37. The van der Waals surface area contributed by atoms with E-state index in [9.17, 15) is 8.42 Å². The quantitative estimate of drug-likeness (QED) is 0.640. The van der Waals surface area contributed by atoms with Gasteiger partial charge in [-0.1, -0.05) is 54.1 Å². The second-order valence-electron chi connectivity index (χ2n) is 4.88. The van der Waals surface area contributed by atoms with Crippen LogP contribution in [-0.2, 0) is 10.1 Å². The monoisotopic (exact) mass is 344 g/mol. The van der Waals surface area contributed by atoms with Gasteiger partial charge in [0.15, 0.2) is 0 Å². The van der Waals surface area contributed by atoms with Gasteiger partial charge < -0.3 is 4.18 Å². The van der Waals surface area contributed by atoms with E-state index in [0.29, 0.717) is 5.02 Å². The van der Waals surface area contributed by atoms with Crippen molar-refractivity contribution < 1.29 is 12.6 Å². The van der Waals surface area contributed by atoms with Gasteiger partial charge in [-0.15, -0.1) is 0 Å². The van der Waals surface area contributed by atoms with Crippen LogP contribution in [-0.4, -0.2) is 8.42 Å². The summed E-state index contributed by atoms with van der Waals surface area (Å²) in [6.45, 7) is 0. The summed E-state index contributed by atoms with van der Waals surface area (Å²) in [5.41, 5.74) is 2.04. The molecule has 3 aromatic rings. The van der Waals surface area contributed by atoms with Gasteiger partial charge in [-0.25, -0.2) is 0 Å². The van der Waals surface area contributed by atoms with Crippen LogP contribution in [0, 0.1) is 0 Å². The SMILES string of the molecule is O=S(=O)(Oc1ccc(-c2ccccc2)cc1)c1ccc(Cl)cc1. The topological polar surface area (TPSA) is 43.4 Å². The lowest BCUT2D eigenvalue weighted by Crippen LogP contribution is -2.09. The molecule has 0 aliphatic carbocycles.